The largest absolute Gasteiger partial charge is 0.349 e. The molecule has 11 heavy (non-hydrogen) atoms. The fourth-order valence-electron chi connectivity index (χ4n) is 0.936. The molecule has 0 bridgehead atoms. The van der Waals surface area contributed by atoms with Crippen molar-refractivity contribution >= 4 is 5.91 Å². The van der Waals surface area contributed by atoms with Crippen molar-refractivity contribution in [2.45, 2.75) is 33.2 Å². The van der Waals surface area contributed by atoms with Crippen LogP contribution in [0.5, 0.6) is 0 Å². The van der Waals surface area contributed by atoms with Gasteiger partial charge in [-0.1, -0.05) is 13.0 Å². The Morgan fingerprint density at radius 3 is 2.55 bits per heavy atom. The first-order valence-corrected chi connectivity index (χ1v) is 4.09. The van der Waals surface area contributed by atoms with Crippen LogP contribution in [0.4, 0.5) is 0 Å². The summed E-state index contributed by atoms with van der Waals surface area (Å²) in [6.45, 7) is 5.86. The Balaban J connectivity index is 2.32. The normalized spacial score (nSPS) is 29.9. The van der Waals surface area contributed by atoms with Gasteiger partial charge in [0.25, 0.3) is 0 Å². The molecule has 1 aliphatic rings. The van der Waals surface area contributed by atoms with E-state index >= 15 is 0 Å². The Morgan fingerprint density at radius 2 is 2.18 bits per heavy atom. The van der Waals surface area contributed by atoms with Crippen molar-refractivity contribution in [1.82, 2.24) is 5.32 Å². The van der Waals surface area contributed by atoms with Crippen molar-refractivity contribution in [1.29, 1.82) is 0 Å². The minimum Gasteiger partial charge on any atom is -0.349 e. The first-order valence-electron chi connectivity index (χ1n) is 4.09. The van der Waals surface area contributed by atoms with Gasteiger partial charge in [-0.25, -0.2) is 0 Å². The average molecular weight is 153 g/mol. The van der Waals surface area contributed by atoms with Crippen molar-refractivity contribution in [3.8, 4) is 0 Å². The molecule has 2 nitrogen and oxygen atoms in total. The molecular formula is C9H15NO. The number of carbonyl (C=O) groups is 1. The lowest BCUT2D eigenvalue weighted by atomic mass is 10.3. The molecule has 2 heteroatoms. The zero-order valence-electron chi connectivity index (χ0n) is 7.35. The standard InChI is InChI=1S/C9H15NO/c1-4-6(2)9(11)10-8-5-7(8)3/h4,7-8H,5H2,1-3H3,(H,10,11)/b6-4-. The summed E-state index contributed by atoms with van der Waals surface area (Å²) in [4.78, 5) is 11.2. The molecule has 1 saturated carbocycles. The molecule has 0 heterocycles. The van der Waals surface area contributed by atoms with E-state index in [1.54, 1.807) is 0 Å². The molecule has 0 aromatic heterocycles. The van der Waals surface area contributed by atoms with Crippen molar-refractivity contribution < 1.29 is 4.79 Å². The second-order valence-electron chi connectivity index (χ2n) is 3.26. The minimum atomic E-state index is 0.0850. The predicted molar refractivity (Wildman–Crippen MR) is 45.1 cm³/mol. The van der Waals surface area contributed by atoms with Crippen LogP contribution in [0.2, 0.25) is 0 Å². The number of amides is 1. The highest BCUT2D eigenvalue weighted by molar-refractivity contribution is 5.93. The highest BCUT2D eigenvalue weighted by atomic mass is 16.1. The maximum absolute atomic E-state index is 11.2. The van der Waals surface area contributed by atoms with Gasteiger partial charge in [-0.2, -0.15) is 0 Å². The molecule has 0 spiro atoms. The van der Waals surface area contributed by atoms with Crippen molar-refractivity contribution in [3.05, 3.63) is 11.6 Å². The summed E-state index contributed by atoms with van der Waals surface area (Å²) in [5, 5.41) is 2.95. The molecular weight excluding hydrogens is 138 g/mol. The zero-order chi connectivity index (χ0) is 8.43. The fourth-order valence-corrected chi connectivity index (χ4v) is 0.936. The third kappa shape index (κ3) is 2.07. The van der Waals surface area contributed by atoms with E-state index < -0.39 is 0 Å². The molecule has 2 atom stereocenters. The summed E-state index contributed by atoms with van der Waals surface area (Å²) in [6.07, 6.45) is 2.98. The van der Waals surface area contributed by atoms with Gasteiger partial charge < -0.3 is 5.32 Å². The third-order valence-corrected chi connectivity index (χ3v) is 2.22. The van der Waals surface area contributed by atoms with E-state index in [-0.39, 0.29) is 5.91 Å². The summed E-state index contributed by atoms with van der Waals surface area (Å²) in [6, 6.07) is 0.442. The second-order valence-corrected chi connectivity index (χ2v) is 3.26. The molecule has 2 unspecified atom stereocenters. The topological polar surface area (TPSA) is 29.1 Å². The molecule has 1 amide bonds. The Hall–Kier alpha value is -0.790. The van der Waals surface area contributed by atoms with E-state index in [4.69, 9.17) is 0 Å². The van der Waals surface area contributed by atoms with Crippen LogP contribution in [0.25, 0.3) is 0 Å². The van der Waals surface area contributed by atoms with Crippen LogP contribution >= 0.6 is 0 Å². The number of hydrogen-bond acceptors (Lipinski definition) is 1. The highest BCUT2D eigenvalue weighted by Crippen LogP contribution is 2.29. The maximum Gasteiger partial charge on any atom is 0.246 e. The Bertz CT molecular complexity index is 196. The summed E-state index contributed by atoms with van der Waals surface area (Å²) in [7, 11) is 0. The van der Waals surface area contributed by atoms with E-state index in [1.807, 2.05) is 19.9 Å². The molecule has 1 aliphatic carbocycles. The van der Waals surface area contributed by atoms with E-state index in [2.05, 4.69) is 12.2 Å². The van der Waals surface area contributed by atoms with Crippen LogP contribution in [0.3, 0.4) is 0 Å². The number of nitrogens with one attached hydrogen (secondary N) is 1. The molecule has 1 fully saturated rings. The van der Waals surface area contributed by atoms with Gasteiger partial charge in [-0.15, -0.1) is 0 Å². The van der Waals surface area contributed by atoms with Crippen LogP contribution in [0.1, 0.15) is 27.2 Å². The number of hydrogen-bond donors (Lipinski definition) is 1. The molecule has 0 aliphatic heterocycles. The van der Waals surface area contributed by atoms with Gasteiger partial charge in [-0.05, 0) is 26.2 Å². The van der Waals surface area contributed by atoms with E-state index in [9.17, 15) is 4.79 Å². The van der Waals surface area contributed by atoms with E-state index in [1.165, 1.54) is 0 Å². The fraction of sp³-hybridized carbons (Fsp3) is 0.667. The van der Waals surface area contributed by atoms with Crippen LogP contribution in [0.15, 0.2) is 11.6 Å². The summed E-state index contributed by atoms with van der Waals surface area (Å²) in [5.41, 5.74) is 0.809. The van der Waals surface area contributed by atoms with Gasteiger partial charge in [-0.3, -0.25) is 4.79 Å². The van der Waals surface area contributed by atoms with Crippen LogP contribution in [0, 0.1) is 5.92 Å². The van der Waals surface area contributed by atoms with Crippen LogP contribution in [-0.4, -0.2) is 11.9 Å². The average Bonchev–Trinajstić information content (AvgIpc) is 2.65. The summed E-state index contributed by atoms with van der Waals surface area (Å²) in [5.74, 6) is 0.769. The predicted octanol–water partition coefficient (Wildman–Crippen LogP) is 1.48. The number of rotatable bonds is 2. The molecule has 0 saturated heterocycles. The van der Waals surface area contributed by atoms with Gasteiger partial charge in [0, 0.05) is 11.6 Å². The lowest BCUT2D eigenvalue weighted by molar-refractivity contribution is -0.117. The summed E-state index contributed by atoms with van der Waals surface area (Å²) < 4.78 is 0. The molecule has 1 N–H and O–H groups in total. The van der Waals surface area contributed by atoms with Gasteiger partial charge in [0.1, 0.15) is 0 Å². The lowest BCUT2D eigenvalue weighted by Gasteiger charge is -2.01. The molecule has 1 rings (SSSR count). The zero-order valence-corrected chi connectivity index (χ0v) is 7.35. The third-order valence-electron chi connectivity index (χ3n) is 2.22. The Labute approximate surface area is 67.7 Å². The first kappa shape index (κ1) is 8.31. The van der Waals surface area contributed by atoms with Gasteiger partial charge in [0.2, 0.25) is 5.91 Å². The molecule has 62 valence electrons. The smallest absolute Gasteiger partial charge is 0.246 e. The first-order chi connectivity index (χ1) is 5.15. The second kappa shape index (κ2) is 3.07. The number of carbonyl (C=O) groups excluding carboxylic acids is 1. The van der Waals surface area contributed by atoms with E-state index in [0.29, 0.717) is 12.0 Å². The SMILES string of the molecule is C/C=C(/C)C(=O)NC1CC1C. The molecule has 0 aromatic rings. The van der Waals surface area contributed by atoms with Gasteiger partial charge in [0.15, 0.2) is 0 Å². The molecule has 0 aromatic carbocycles. The quantitative estimate of drug-likeness (QED) is 0.598. The van der Waals surface area contributed by atoms with Gasteiger partial charge >= 0.3 is 0 Å². The number of allylic oxidation sites excluding steroid dienone is 1. The van der Waals surface area contributed by atoms with Crippen LogP contribution < -0.4 is 5.32 Å². The Kier molecular flexibility index (Phi) is 2.32. The van der Waals surface area contributed by atoms with Crippen molar-refractivity contribution in [2.24, 2.45) is 5.92 Å². The van der Waals surface area contributed by atoms with Gasteiger partial charge in [0.05, 0.1) is 0 Å². The highest BCUT2D eigenvalue weighted by Gasteiger charge is 2.33. The van der Waals surface area contributed by atoms with Crippen molar-refractivity contribution in [2.75, 3.05) is 0 Å². The summed E-state index contributed by atoms with van der Waals surface area (Å²) >= 11 is 0. The Morgan fingerprint density at radius 1 is 1.64 bits per heavy atom. The monoisotopic (exact) mass is 153 g/mol. The minimum absolute atomic E-state index is 0.0850. The molecule has 0 radical (unpaired) electrons. The lowest BCUT2D eigenvalue weighted by Crippen LogP contribution is -2.27. The van der Waals surface area contributed by atoms with E-state index in [0.717, 1.165) is 12.0 Å². The van der Waals surface area contributed by atoms with Crippen molar-refractivity contribution in [3.63, 3.8) is 0 Å². The maximum atomic E-state index is 11.2. The van der Waals surface area contributed by atoms with Crippen LogP contribution in [-0.2, 0) is 4.79 Å².